The van der Waals surface area contributed by atoms with Crippen LogP contribution in [0, 0.1) is 10.1 Å². The van der Waals surface area contributed by atoms with E-state index in [9.17, 15) is 19.7 Å². The summed E-state index contributed by atoms with van der Waals surface area (Å²) in [6.45, 7) is 0.244. The monoisotopic (exact) mass is 394 g/mol. The van der Waals surface area contributed by atoms with Gasteiger partial charge in [0.05, 0.1) is 4.92 Å². The standard InChI is InChI=1S/C19H14N4O4S/c24-17(21-19-20-8-9-28-19)16(12-5-3-6-14(10-12)23(26)27)22-11-13-4-1-2-7-15(13)18(22)25/h1-10,16H,11H2,(H,20,21,24)/t16-/m1/s1. The number of rotatable bonds is 5. The number of nitrogens with one attached hydrogen (secondary N) is 1. The van der Waals surface area contributed by atoms with Gasteiger partial charge in [0.15, 0.2) is 5.13 Å². The summed E-state index contributed by atoms with van der Waals surface area (Å²) in [4.78, 5) is 42.1. The Kier molecular flexibility index (Phi) is 4.58. The zero-order valence-electron chi connectivity index (χ0n) is 14.4. The number of anilines is 1. The third-order valence-electron chi connectivity index (χ3n) is 4.47. The van der Waals surface area contributed by atoms with E-state index in [1.807, 2.05) is 12.1 Å². The van der Waals surface area contributed by atoms with E-state index in [1.54, 1.807) is 29.8 Å². The van der Waals surface area contributed by atoms with Gasteiger partial charge in [-0.25, -0.2) is 4.98 Å². The number of carbonyl (C=O) groups is 2. The number of non-ortho nitro benzene ring substituents is 1. The van der Waals surface area contributed by atoms with Crippen molar-refractivity contribution in [3.63, 3.8) is 0 Å². The Hall–Kier alpha value is -3.59. The maximum Gasteiger partial charge on any atom is 0.269 e. The van der Waals surface area contributed by atoms with Gasteiger partial charge in [0.25, 0.3) is 17.5 Å². The number of hydrogen-bond donors (Lipinski definition) is 1. The van der Waals surface area contributed by atoms with Gasteiger partial charge in [-0.1, -0.05) is 30.3 Å². The lowest BCUT2D eigenvalue weighted by atomic mass is 10.0. The molecule has 0 saturated heterocycles. The topological polar surface area (TPSA) is 105 Å². The fourth-order valence-electron chi connectivity index (χ4n) is 3.23. The van der Waals surface area contributed by atoms with Crippen molar-refractivity contribution < 1.29 is 14.5 Å². The van der Waals surface area contributed by atoms with Gasteiger partial charge >= 0.3 is 0 Å². The van der Waals surface area contributed by atoms with Crippen LogP contribution in [0.1, 0.15) is 27.5 Å². The highest BCUT2D eigenvalue weighted by atomic mass is 32.1. The first-order valence-electron chi connectivity index (χ1n) is 8.38. The van der Waals surface area contributed by atoms with Crippen LogP contribution in [-0.2, 0) is 11.3 Å². The highest BCUT2D eigenvalue weighted by Crippen LogP contribution is 2.33. The van der Waals surface area contributed by atoms with Gasteiger partial charge in [-0.2, -0.15) is 0 Å². The number of hydrogen-bond acceptors (Lipinski definition) is 6. The van der Waals surface area contributed by atoms with Crippen LogP contribution in [0.25, 0.3) is 0 Å². The van der Waals surface area contributed by atoms with E-state index in [-0.39, 0.29) is 18.1 Å². The fraction of sp³-hybridized carbons (Fsp3) is 0.105. The third-order valence-corrected chi connectivity index (χ3v) is 5.16. The number of thiazole rings is 1. The third kappa shape index (κ3) is 3.23. The molecule has 140 valence electrons. The second-order valence-electron chi connectivity index (χ2n) is 6.17. The van der Waals surface area contributed by atoms with Crippen LogP contribution in [-0.4, -0.2) is 26.6 Å². The average molecular weight is 394 g/mol. The smallest absolute Gasteiger partial charge is 0.269 e. The summed E-state index contributed by atoms with van der Waals surface area (Å²) >= 11 is 1.25. The lowest BCUT2D eigenvalue weighted by Gasteiger charge is -2.26. The Balaban J connectivity index is 1.74. The normalized spacial score (nSPS) is 13.9. The molecule has 0 radical (unpaired) electrons. The summed E-state index contributed by atoms with van der Waals surface area (Å²) in [5.41, 5.74) is 1.56. The summed E-state index contributed by atoms with van der Waals surface area (Å²) < 4.78 is 0. The van der Waals surface area contributed by atoms with Gasteiger partial charge in [0.1, 0.15) is 6.04 Å². The minimum absolute atomic E-state index is 0.145. The first kappa shape index (κ1) is 17.8. The Morgan fingerprint density at radius 2 is 2.07 bits per heavy atom. The van der Waals surface area contributed by atoms with Crippen molar-refractivity contribution in [3.05, 3.63) is 86.9 Å². The van der Waals surface area contributed by atoms with Crippen LogP contribution < -0.4 is 5.32 Å². The number of carbonyl (C=O) groups excluding carboxylic acids is 2. The first-order chi connectivity index (χ1) is 13.5. The lowest BCUT2D eigenvalue weighted by Crippen LogP contribution is -2.37. The summed E-state index contributed by atoms with van der Waals surface area (Å²) in [7, 11) is 0. The Labute approximate surface area is 163 Å². The number of nitro benzene ring substituents is 1. The highest BCUT2D eigenvalue weighted by Gasteiger charge is 2.38. The van der Waals surface area contributed by atoms with E-state index in [0.717, 1.165) is 5.56 Å². The molecule has 2 heterocycles. The number of amides is 2. The van der Waals surface area contributed by atoms with Crippen LogP contribution in [0.2, 0.25) is 0 Å². The van der Waals surface area contributed by atoms with Crippen molar-refractivity contribution >= 4 is 34.0 Å². The average Bonchev–Trinajstić information content (AvgIpc) is 3.31. The van der Waals surface area contributed by atoms with Crippen LogP contribution in [0.4, 0.5) is 10.8 Å². The molecule has 0 spiro atoms. The van der Waals surface area contributed by atoms with Crippen molar-refractivity contribution in [1.82, 2.24) is 9.88 Å². The summed E-state index contributed by atoms with van der Waals surface area (Å²) in [5, 5.41) is 16.0. The molecule has 28 heavy (non-hydrogen) atoms. The maximum absolute atomic E-state index is 13.1. The van der Waals surface area contributed by atoms with Crippen LogP contribution in [0.5, 0.6) is 0 Å². The summed E-state index contributed by atoms with van der Waals surface area (Å²) in [5.74, 6) is -0.766. The molecule has 1 aliphatic heterocycles. The molecule has 8 nitrogen and oxygen atoms in total. The second-order valence-corrected chi connectivity index (χ2v) is 7.07. The number of nitro groups is 1. The van der Waals surface area contributed by atoms with E-state index < -0.39 is 16.9 Å². The molecule has 0 bridgehead atoms. The zero-order valence-corrected chi connectivity index (χ0v) is 15.3. The molecule has 1 aromatic heterocycles. The van der Waals surface area contributed by atoms with Gasteiger partial charge in [-0.15, -0.1) is 11.3 Å². The molecule has 2 amide bonds. The van der Waals surface area contributed by atoms with E-state index >= 15 is 0 Å². The van der Waals surface area contributed by atoms with Gasteiger partial charge in [0, 0.05) is 35.8 Å². The molecule has 1 aliphatic rings. The number of nitrogens with zero attached hydrogens (tertiary/aromatic N) is 3. The predicted molar refractivity (Wildman–Crippen MR) is 103 cm³/mol. The van der Waals surface area contributed by atoms with Crippen molar-refractivity contribution in [1.29, 1.82) is 0 Å². The molecule has 4 rings (SSSR count). The van der Waals surface area contributed by atoms with Gasteiger partial charge in [-0.05, 0) is 17.2 Å². The summed E-state index contributed by atoms with van der Waals surface area (Å²) in [6, 6.07) is 11.9. The number of aromatic nitrogens is 1. The van der Waals surface area contributed by atoms with Gasteiger partial charge in [-0.3, -0.25) is 25.0 Å². The number of benzene rings is 2. The van der Waals surface area contributed by atoms with Gasteiger partial charge < -0.3 is 4.90 Å². The molecule has 3 aromatic rings. The minimum Gasteiger partial charge on any atom is -0.318 e. The summed E-state index contributed by atoms with van der Waals surface area (Å²) in [6.07, 6.45) is 1.56. The van der Waals surface area contributed by atoms with Crippen molar-refractivity contribution in [3.8, 4) is 0 Å². The Morgan fingerprint density at radius 1 is 1.25 bits per heavy atom. The lowest BCUT2D eigenvalue weighted by molar-refractivity contribution is -0.384. The van der Waals surface area contributed by atoms with Crippen molar-refractivity contribution in [2.75, 3.05) is 5.32 Å². The molecular formula is C19H14N4O4S. The van der Waals surface area contributed by atoms with Crippen LogP contribution in [0.15, 0.2) is 60.1 Å². The van der Waals surface area contributed by atoms with E-state index in [1.165, 1.54) is 34.4 Å². The Bertz CT molecular complexity index is 1070. The van der Waals surface area contributed by atoms with Crippen molar-refractivity contribution in [2.45, 2.75) is 12.6 Å². The molecule has 1 N–H and O–H groups in total. The van der Waals surface area contributed by atoms with Crippen LogP contribution >= 0.6 is 11.3 Å². The van der Waals surface area contributed by atoms with Gasteiger partial charge in [0.2, 0.25) is 0 Å². The van der Waals surface area contributed by atoms with Crippen molar-refractivity contribution in [2.24, 2.45) is 0 Å². The molecule has 0 saturated carbocycles. The van der Waals surface area contributed by atoms with E-state index in [2.05, 4.69) is 10.3 Å². The van der Waals surface area contributed by atoms with E-state index in [0.29, 0.717) is 16.3 Å². The van der Waals surface area contributed by atoms with E-state index in [4.69, 9.17) is 0 Å². The second kappa shape index (κ2) is 7.20. The largest absolute Gasteiger partial charge is 0.318 e. The first-order valence-corrected chi connectivity index (χ1v) is 9.26. The SMILES string of the molecule is O=C(Nc1nccs1)[C@@H](c1cccc([N+](=O)[O-])c1)N1Cc2ccccc2C1=O. The quantitative estimate of drug-likeness (QED) is 0.527. The molecule has 0 fully saturated rings. The number of fused-ring (bicyclic) bond motifs is 1. The molecule has 2 aromatic carbocycles. The van der Waals surface area contributed by atoms with Crippen LogP contribution in [0.3, 0.4) is 0 Å². The fourth-order valence-corrected chi connectivity index (χ4v) is 3.76. The molecular weight excluding hydrogens is 380 g/mol. The molecule has 9 heteroatoms. The predicted octanol–water partition coefficient (Wildman–Crippen LogP) is 3.39. The highest BCUT2D eigenvalue weighted by molar-refractivity contribution is 7.13. The molecule has 0 aliphatic carbocycles. The Morgan fingerprint density at radius 3 is 2.79 bits per heavy atom. The molecule has 0 unspecified atom stereocenters. The maximum atomic E-state index is 13.1. The molecule has 1 atom stereocenters. The zero-order chi connectivity index (χ0) is 19.7. The minimum atomic E-state index is -1.02.